The van der Waals surface area contributed by atoms with Crippen LogP contribution in [-0.4, -0.2) is 23.1 Å². The van der Waals surface area contributed by atoms with Crippen molar-refractivity contribution in [2.45, 2.75) is 18.2 Å². The Morgan fingerprint density at radius 1 is 1.33 bits per heavy atom. The molecule has 1 aliphatic carbocycles. The van der Waals surface area contributed by atoms with Crippen LogP contribution < -0.4 is 0 Å². The van der Waals surface area contributed by atoms with E-state index in [1.54, 1.807) is 17.8 Å². The summed E-state index contributed by atoms with van der Waals surface area (Å²) in [6.07, 6.45) is 2.08. The number of carbonyl (C=O) groups is 1. The molecule has 0 spiro atoms. The summed E-state index contributed by atoms with van der Waals surface area (Å²) in [5.41, 5.74) is 0.959. The highest BCUT2D eigenvalue weighted by molar-refractivity contribution is 7.99. The molecule has 1 saturated heterocycles. The molecule has 3 rings (SSSR count). The maximum atomic E-state index is 12.2. The summed E-state index contributed by atoms with van der Waals surface area (Å²) >= 11 is 14.1. The largest absolute Gasteiger partial charge is 0.325 e. The topological polar surface area (TPSA) is 20.3 Å². The smallest absolute Gasteiger partial charge is 0.226 e. The minimum Gasteiger partial charge on any atom is -0.325 e. The molecule has 1 aliphatic heterocycles. The highest BCUT2D eigenvalue weighted by Gasteiger charge is 2.39. The van der Waals surface area contributed by atoms with Gasteiger partial charge in [-0.15, -0.1) is 11.8 Å². The first-order valence-corrected chi connectivity index (χ1v) is 7.85. The Labute approximate surface area is 121 Å². The van der Waals surface area contributed by atoms with Crippen LogP contribution >= 0.6 is 35.0 Å². The maximum absolute atomic E-state index is 12.2. The second-order valence-electron chi connectivity index (χ2n) is 4.67. The number of halogens is 2. The summed E-state index contributed by atoms with van der Waals surface area (Å²) in [6.45, 7) is 0.813. The minimum atomic E-state index is 0.0318. The molecule has 1 heterocycles. The lowest BCUT2D eigenvalue weighted by molar-refractivity contribution is -0.132. The van der Waals surface area contributed by atoms with Crippen LogP contribution in [0.4, 0.5) is 0 Å². The minimum absolute atomic E-state index is 0.0318. The van der Waals surface area contributed by atoms with Crippen molar-refractivity contribution in [3.8, 4) is 0 Å². The average Bonchev–Trinajstić information content (AvgIpc) is 3.10. The van der Waals surface area contributed by atoms with E-state index in [0.29, 0.717) is 10.0 Å². The number of hydrogen-bond donors (Lipinski definition) is 0. The molecule has 0 aromatic heterocycles. The molecule has 2 fully saturated rings. The molecule has 96 valence electrons. The van der Waals surface area contributed by atoms with Crippen LogP contribution in [-0.2, 0) is 4.79 Å². The van der Waals surface area contributed by atoms with Crippen molar-refractivity contribution in [1.29, 1.82) is 0 Å². The first-order chi connectivity index (χ1) is 8.68. The predicted octanol–water partition coefficient (Wildman–Crippen LogP) is 3.98. The van der Waals surface area contributed by atoms with E-state index < -0.39 is 0 Å². The molecular weight excluding hydrogens is 289 g/mol. The van der Waals surface area contributed by atoms with Crippen LogP contribution in [0, 0.1) is 5.92 Å². The molecular formula is C13H13Cl2NOS. The van der Waals surface area contributed by atoms with Gasteiger partial charge in [-0.1, -0.05) is 35.3 Å². The molecule has 0 radical (unpaired) electrons. The Kier molecular flexibility index (Phi) is 3.48. The summed E-state index contributed by atoms with van der Waals surface area (Å²) in [5.74, 6) is 1.50. The average molecular weight is 302 g/mol. The van der Waals surface area contributed by atoms with E-state index in [9.17, 15) is 4.79 Å². The zero-order valence-corrected chi connectivity index (χ0v) is 12.1. The van der Waals surface area contributed by atoms with Crippen LogP contribution in [0.5, 0.6) is 0 Å². The lowest BCUT2D eigenvalue weighted by atomic mass is 10.2. The monoisotopic (exact) mass is 301 g/mol. The van der Waals surface area contributed by atoms with Gasteiger partial charge in [0.1, 0.15) is 5.37 Å². The van der Waals surface area contributed by atoms with Crippen LogP contribution in [0.25, 0.3) is 0 Å². The molecule has 0 N–H and O–H groups in total. The molecule has 1 unspecified atom stereocenters. The molecule has 2 nitrogen and oxygen atoms in total. The molecule has 1 aromatic rings. The van der Waals surface area contributed by atoms with Crippen molar-refractivity contribution < 1.29 is 4.79 Å². The van der Waals surface area contributed by atoms with E-state index in [4.69, 9.17) is 23.2 Å². The molecule has 1 amide bonds. The van der Waals surface area contributed by atoms with Crippen molar-refractivity contribution in [2.75, 3.05) is 12.3 Å². The number of carbonyl (C=O) groups excluding carboxylic acids is 1. The van der Waals surface area contributed by atoms with Crippen molar-refractivity contribution >= 4 is 40.9 Å². The van der Waals surface area contributed by atoms with Gasteiger partial charge in [0.2, 0.25) is 5.91 Å². The Bertz CT molecular complexity index is 490. The van der Waals surface area contributed by atoms with E-state index in [0.717, 1.165) is 30.7 Å². The molecule has 1 atom stereocenters. The summed E-state index contributed by atoms with van der Waals surface area (Å²) in [5, 5.41) is 1.16. The summed E-state index contributed by atoms with van der Waals surface area (Å²) in [7, 11) is 0. The lowest BCUT2D eigenvalue weighted by Crippen LogP contribution is -2.31. The van der Waals surface area contributed by atoms with Crippen LogP contribution in [0.1, 0.15) is 23.8 Å². The summed E-state index contributed by atoms with van der Waals surface area (Å²) < 4.78 is 0. The lowest BCUT2D eigenvalue weighted by Gasteiger charge is -2.25. The quantitative estimate of drug-likeness (QED) is 0.823. The van der Waals surface area contributed by atoms with E-state index in [1.807, 2.05) is 17.0 Å². The van der Waals surface area contributed by atoms with Gasteiger partial charge in [-0.25, -0.2) is 0 Å². The highest BCUT2D eigenvalue weighted by atomic mass is 35.5. The first kappa shape index (κ1) is 12.6. The van der Waals surface area contributed by atoms with Gasteiger partial charge in [0.25, 0.3) is 0 Å². The van der Waals surface area contributed by atoms with E-state index in [-0.39, 0.29) is 17.2 Å². The second-order valence-corrected chi connectivity index (χ2v) is 6.65. The molecule has 18 heavy (non-hydrogen) atoms. The van der Waals surface area contributed by atoms with Crippen LogP contribution in [0.2, 0.25) is 10.0 Å². The van der Waals surface area contributed by atoms with Crippen molar-refractivity contribution in [3.05, 3.63) is 33.8 Å². The number of thioether (sulfide) groups is 1. The predicted molar refractivity (Wildman–Crippen MR) is 76.1 cm³/mol. The third-order valence-electron chi connectivity index (χ3n) is 3.35. The van der Waals surface area contributed by atoms with E-state index >= 15 is 0 Å². The Morgan fingerprint density at radius 2 is 2.11 bits per heavy atom. The molecule has 1 aromatic carbocycles. The number of benzene rings is 1. The van der Waals surface area contributed by atoms with Gasteiger partial charge in [0.15, 0.2) is 0 Å². The highest BCUT2D eigenvalue weighted by Crippen LogP contribution is 2.45. The number of amides is 1. The number of rotatable bonds is 2. The van der Waals surface area contributed by atoms with Crippen LogP contribution in [0.15, 0.2) is 18.2 Å². The fourth-order valence-corrected chi connectivity index (χ4v) is 4.00. The maximum Gasteiger partial charge on any atom is 0.226 e. The Hall–Kier alpha value is -0.380. The van der Waals surface area contributed by atoms with Gasteiger partial charge in [-0.05, 0) is 18.9 Å². The fourth-order valence-electron chi connectivity index (χ4n) is 2.23. The van der Waals surface area contributed by atoms with E-state index in [2.05, 4.69) is 0 Å². The van der Waals surface area contributed by atoms with Crippen molar-refractivity contribution in [1.82, 2.24) is 4.90 Å². The van der Waals surface area contributed by atoms with Gasteiger partial charge in [-0.2, -0.15) is 0 Å². The molecule has 5 heteroatoms. The van der Waals surface area contributed by atoms with Crippen molar-refractivity contribution in [3.63, 3.8) is 0 Å². The van der Waals surface area contributed by atoms with Crippen molar-refractivity contribution in [2.24, 2.45) is 5.92 Å². The Balaban J connectivity index is 1.90. The standard InChI is InChI=1S/C13H13Cl2NOS/c14-10-3-1-2-9(11(10)15)13-16(6-7-18-13)12(17)8-4-5-8/h1-3,8,13H,4-7H2. The third kappa shape index (κ3) is 2.24. The van der Waals surface area contributed by atoms with Gasteiger partial charge >= 0.3 is 0 Å². The summed E-state index contributed by atoms with van der Waals surface area (Å²) in [6, 6.07) is 5.63. The first-order valence-electron chi connectivity index (χ1n) is 6.04. The fraction of sp³-hybridized carbons (Fsp3) is 0.462. The molecule has 1 saturated carbocycles. The normalized spacial score (nSPS) is 23.4. The van der Waals surface area contributed by atoms with E-state index in [1.165, 1.54) is 0 Å². The van der Waals surface area contributed by atoms with Crippen LogP contribution in [0.3, 0.4) is 0 Å². The number of hydrogen-bond acceptors (Lipinski definition) is 2. The molecule has 2 aliphatic rings. The second kappa shape index (κ2) is 4.95. The zero-order chi connectivity index (χ0) is 12.7. The Morgan fingerprint density at radius 3 is 2.83 bits per heavy atom. The summed E-state index contributed by atoms with van der Waals surface area (Å²) in [4.78, 5) is 14.2. The third-order valence-corrected chi connectivity index (χ3v) is 5.42. The van der Waals surface area contributed by atoms with Gasteiger partial charge in [0.05, 0.1) is 10.0 Å². The van der Waals surface area contributed by atoms with Gasteiger partial charge in [-0.3, -0.25) is 4.79 Å². The van der Waals surface area contributed by atoms with Gasteiger partial charge < -0.3 is 4.90 Å². The SMILES string of the molecule is O=C(C1CC1)N1CCSC1c1cccc(Cl)c1Cl. The van der Waals surface area contributed by atoms with Gasteiger partial charge in [0, 0.05) is 23.8 Å². The molecule has 0 bridgehead atoms. The zero-order valence-electron chi connectivity index (χ0n) is 9.73. The number of nitrogens with zero attached hydrogens (tertiary/aromatic N) is 1.